The number of esters is 1. The molecule has 3 atom stereocenters. The van der Waals surface area contributed by atoms with E-state index in [2.05, 4.69) is 47.6 Å². The highest BCUT2D eigenvalue weighted by molar-refractivity contribution is 5.69. The van der Waals surface area contributed by atoms with Crippen molar-refractivity contribution in [2.45, 2.75) is 105 Å². The van der Waals surface area contributed by atoms with Crippen LogP contribution in [-0.4, -0.2) is 12.1 Å². The van der Waals surface area contributed by atoms with Crippen molar-refractivity contribution in [3.05, 3.63) is 11.6 Å². The van der Waals surface area contributed by atoms with E-state index in [4.69, 9.17) is 4.74 Å². The van der Waals surface area contributed by atoms with E-state index in [9.17, 15) is 4.79 Å². The lowest BCUT2D eigenvalue weighted by Crippen LogP contribution is -2.25. The Morgan fingerprint density at radius 1 is 1.25 bits per heavy atom. The smallest absolute Gasteiger partial charge is 0.306 e. The molecule has 140 valence electrons. The Labute approximate surface area is 150 Å². The molecule has 0 saturated heterocycles. The van der Waals surface area contributed by atoms with Crippen LogP contribution in [0, 0.1) is 17.3 Å². The second kappa shape index (κ2) is 10.3. The van der Waals surface area contributed by atoms with Crippen molar-refractivity contribution in [2.24, 2.45) is 17.3 Å². The largest absolute Gasteiger partial charge is 0.462 e. The Hall–Kier alpha value is -0.790. The predicted octanol–water partition coefficient (Wildman–Crippen LogP) is 6.69. The molecule has 0 N–H and O–H groups in total. The van der Waals surface area contributed by atoms with Crippen LogP contribution in [-0.2, 0) is 9.53 Å². The van der Waals surface area contributed by atoms with Crippen molar-refractivity contribution in [1.29, 1.82) is 0 Å². The monoisotopic (exact) mass is 336 g/mol. The highest BCUT2D eigenvalue weighted by Crippen LogP contribution is 2.45. The molecule has 0 fully saturated rings. The summed E-state index contributed by atoms with van der Waals surface area (Å²) in [6.45, 7) is 13.5. The van der Waals surface area contributed by atoms with Gasteiger partial charge in [0, 0.05) is 6.42 Å². The van der Waals surface area contributed by atoms with Gasteiger partial charge >= 0.3 is 5.97 Å². The minimum absolute atomic E-state index is 0.00967. The summed E-state index contributed by atoms with van der Waals surface area (Å²) >= 11 is 0. The molecule has 0 heterocycles. The van der Waals surface area contributed by atoms with Gasteiger partial charge in [-0.3, -0.25) is 4.79 Å². The maximum Gasteiger partial charge on any atom is 0.306 e. The van der Waals surface area contributed by atoms with Crippen molar-refractivity contribution in [1.82, 2.24) is 0 Å². The quantitative estimate of drug-likeness (QED) is 0.239. The summed E-state index contributed by atoms with van der Waals surface area (Å²) in [4.78, 5) is 12.0. The molecule has 0 spiro atoms. The van der Waals surface area contributed by atoms with Crippen LogP contribution in [0.1, 0.15) is 99.3 Å². The summed E-state index contributed by atoms with van der Waals surface area (Å²) < 4.78 is 5.66. The highest BCUT2D eigenvalue weighted by atomic mass is 16.5. The number of allylic oxidation sites excluding steroid dienone is 2. The first-order valence-electron chi connectivity index (χ1n) is 10.2. The van der Waals surface area contributed by atoms with Gasteiger partial charge in [0.25, 0.3) is 0 Å². The zero-order valence-corrected chi connectivity index (χ0v) is 17.0. The summed E-state index contributed by atoms with van der Waals surface area (Å²) in [6.07, 6.45) is 12.5. The molecule has 1 aliphatic carbocycles. The Balaban J connectivity index is 2.22. The van der Waals surface area contributed by atoms with Crippen LogP contribution >= 0.6 is 0 Å². The number of unbranched alkanes of at least 4 members (excludes halogenated alkanes) is 4. The average molecular weight is 337 g/mol. The van der Waals surface area contributed by atoms with E-state index in [1.165, 1.54) is 37.7 Å². The van der Waals surface area contributed by atoms with Gasteiger partial charge < -0.3 is 4.74 Å². The van der Waals surface area contributed by atoms with Crippen LogP contribution in [0.4, 0.5) is 0 Å². The third-order valence-electron chi connectivity index (χ3n) is 6.32. The summed E-state index contributed by atoms with van der Waals surface area (Å²) in [7, 11) is 0. The van der Waals surface area contributed by atoms with Gasteiger partial charge in [-0.15, -0.1) is 0 Å². The molecule has 1 rings (SSSR count). The minimum atomic E-state index is -0.00967. The normalized spacial score (nSPS) is 22.1. The third kappa shape index (κ3) is 6.61. The van der Waals surface area contributed by atoms with Crippen LogP contribution in [0.5, 0.6) is 0 Å². The van der Waals surface area contributed by atoms with E-state index in [0.717, 1.165) is 25.2 Å². The first-order chi connectivity index (χ1) is 11.3. The van der Waals surface area contributed by atoms with E-state index in [1.807, 2.05) is 0 Å². The first-order valence-corrected chi connectivity index (χ1v) is 10.2. The van der Waals surface area contributed by atoms with Crippen LogP contribution < -0.4 is 0 Å². The summed E-state index contributed by atoms with van der Waals surface area (Å²) in [5, 5.41) is 0. The molecule has 0 amide bonds. The SMILES string of the molecule is CCCCCCCC(=O)OC(C)C(C)CCC1CC=C(C)C1(C)C. The molecule has 0 aromatic heterocycles. The van der Waals surface area contributed by atoms with Crippen LogP contribution in [0.25, 0.3) is 0 Å². The van der Waals surface area contributed by atoms with Gasteiger partial charge in [-0.05, 0) is 56.8 Å². The molecule has 0 bridgehead atoms. The van der Waals surface area contributed by atoms with Crippen molar-refractivity contribution in [3.8, 4) is 0 Å². The molecule has 2 heteroatoms. The number of carbonyl (C=O) groups excluding carboxylic acids is 1. The molecule has 0 aromatic carbocycles. The Bertz CT molecular complexity index is 408. The van der Waals surface area contributed by atoms with Gasteiger partial charge in [-0.25, -0.2) is 0 Å². The number of hydrogen-bond acceptors (Lipinski definition) is 2. The summed E-state index contributed by atoms with van der Waals surface area (Å²) in [5.74, 6) is 1.16. The lowest BCUT2D eigenvalue weighted by atomic mass is 9.74. The number of carbonyl (C=O) groups is 1. The van der Waals surface area contributed by atoms with E-state index in [0.29, 0.717) is 17.8 Å². The fourth-order valence-electron chi connectivity index (χ4n) is 3.63. The van der Waals surface area contributed by atoms with Crippen molar-refractivity contribution < 1.29 is 9.53 Å². The zero-order chi connectivity index (χ0) is 18.2. The Morgan fingerprint density at radius 2 is 1.92 bits per heavy atom. The zero-order valence-electron chi connectivity index (χ0n) is 17.0. The van der Waals surface area contributed by atoms with Crippen LogP contribution in [0.2, 0.25) is 0 Å². The van der Waals surface area contributed by atoms with Crippen LogP contribution in [0.15, 0.2) is 11.6 Å². The van der Waals surface area contributed by atoms with Gasteiger partial charge in [-0.2, -0.15) is 0 Å². The molecule has 0 saturated carbocycles. The van der Waals surface area contributed by atoms with E-state index < -0.39 is 0 Å². The maximum absolute atomic E-state index is 12.0. The fourth-order valence-corrected chi connectivity index (χ4v) is 3.63. The minimum Gasteiger partial charge on any atom is -0.462 e. The lowest BCUT2D eigenvalue weighted by Gasteiger charge is -2.31. The van der Waals surface area contributed by atoms with Gasteiger partial charge in [-0.1, -0.05) is 65.0 Å². The van der Waals surface area contributed by atoms with E-state index in [1.54, 1.807) is 0 Å². The second-order valence-corrected chi connectivity index (χ2v) is 8.46. The van der Waals surface area contributed by atoms with Crippen molar-refractivity contribution in [3.63, 3.8) is 0 Å². The third-order valence-corrected chi connectivity index (χ3v) is 6.32. The number of ether oxygens (including phenoxy) is 1. The van der Waals surface area contributed by atoms with Gasteiger partial charge in [0.15, 0.2) is 0 Å². The van der Waals surface area contributed by atoms with Gasteiger partial charge in [0.05, 0.1) is 0 Å². The highest BCUT2D eigenvalue weighted by Gasteiger charge is 2.34. The average Bonchev–Trinajstić information content (AvgIpc) is 2.78. The van der Waals surface area contributed by atoms with E-state index in [-0.39, 0.29) is 12.1 Å². The molecular formula is C22H40O2. The Kier molecular flexibility index (Phi) is 9.08. The maximum atomic E-state index is 12.0. The van der Waals surface area contributed by atoms with Gasteiger partial charge in [0.1, 0.15) is 6.10 Å². The lowest BCUT2D eigenvalue weighted by molar-refractivity contribution is -0.150. The van der Waals surface area contributed by atoms with Crippen molar-refractivity contribution >= 4 is 5.97 Å². The standard InChI is InChI=1S/C22H40O2/c1-7-8-9-10-11-12-21(23)24-19(4)17(2)13-15-20-16-14-18(3)22(20,5)6/h14,17,19-20H,7-13,15-16H2,1-6H3. The fraction of sp³-hybridized carbons (Fsp3) is 0.864. The van der Waals surface area contributed by atoms with E-state index >= 15 is 0 Å². The van der Waals surface area contributed by atoms with Crippen molar-refractivity contribution in [2.75, 3.05) is 0 Å². The molecule has 0 aliphatic heterocycles. The molecule has 3 unspecified atom stereocenters. The molecule has 0 aromatic rings. The van der Waals surface area contributed by atoms with Gasteiger partial charge in [0.2, 0.25) is 0 Å². The number of hydrogen-bond donors (Lipinski definition) is 0. The molecule has 0 radical (unpaired) electrons. The van der Waals surface area contributed by atoms with Crippen LogP contribution in [0.3, 0.4) is 0 Å². The molecular weight excluding hydrogens is 296 g/mol. The second-order valence-electron chi connectivity index (χ2n) is 8.46. The first kappa shape index (κ1) is 21.3. The topological polar surface area (TPSA) is 26.3 Å². The molecule has 24 heavy (non-hydrogen) atoms. The summed E-state index contributed by atoms with van der Waals surface area (Å²) in [6, 6.07) is 0. The molecule has 2 nitrogen and oxygen atoms in total. The summed E-state index contributed by atoms with van der Waals surface area (Å²) in [5.41, 5.74) is 1.86. The predicted molar refractivity (Wildman–Crippen MR) is 103 cm³/mol. The Morgan fingerprint density at radius 3 is 2.50 bits per heavy atom. The number of rotatable bonds is 11. The molecule has 1 aliphatic rings.